The molecular formula is C17H13F3N2O4S. The first-order valence-corrected chi connectivity index (χ1v) is 8.68. The standard InChI is InChI=1S/C17H13F3N2O4S/c1-25-12-6-7-13-15(8-12)21-9-14(17(18,19)20)16(13)26-11-4-2-10(3-5-11)22-27(23)24/h2-9,27H,1H3,(H,22,23,24). The Balaban J connectivity index is 2.07. The predicted molar refractivity (Wildman–Crippen MR) is 93.8 cm³/mol. The van der Waals surface area contributed by atoms with Crippen LogP contribution in [0.1, 0.15) is 5.56 Å². The molecule has 10 heteroatoms. The van der Waals surface area contributed by atoms with E-state index in [2.05, 4.69) is 9.71 Å². The van der Waals surface area contributed by atoms with Gasteiger partial charge in [0.15, 0.2) is 5.75 Å². The first-order valence-electron chi connectivity index (χ1n) is 7.51. The number of alkyl halides is 3. The molecule has 1 aromatic heterocycles. The molecule has 0 aliphatic rings. The summed E-state index contributed by atoms with van der Waals surface area (Å²) < 4.78 is 74.3. The van der Waals surface area contributed by atoms with Gasteiger partial charge in [-0.05, 0) is 36.4 Å². The van der Waals surface area contributed by atoms with E-state index in [1.165, 1.54) is 49.6 Å². The number of anilines is 1. The normalized spacial score (nSPS) is 11.6. The third-order valence-electron chi connectivity index (χ3n) is 3.63. The highest BCUT2D eigenvalue weighted by molar-refractivity contribution is 7.73. The molecule has 1 N–H and O–H groups in total. The fourth-order valence-corrected chi connectivity index (χ4v) is 2.77. The van der Waals surface area contributed by atoms with Crippen molar-refractivity contribution in [3.63, 3.8) is 0 Å². The summed E-state index contributed by atoms with van der Waals surface area (Å²) >= 11 is 0. The van der Waals surface area contributed by atoms with E-state index in [-0.39, 0.29) is 22.3 Å². The lowest BCUT2D eigenvalue weighted by molar-refractivity contribution is -0.138. The van der Waals surface area contributed by atoms with Crippen molar-refractivity contribution in [3.8, 4) is 17.2 Å². The van der Waals surface area contributed by atoms with Crippen LogP contribution < -0.4 is 14.2 Å². The number of benzene rings is 2. The van der Waals surface area contributed by atoms with Crippen molar-refractivity contribution < 1.29 is 31.1 Å². The highest BCUT2D eigenvalue weighted by Crippen LogP contribution is 2.42. The van der Waals surface area contributed by atoms with Gasteiger partial charge in [-0.15, -0.1) is 0 Å². The Morgan fingerprint density at radius 1 is 1.04 bits per heavy atom. The molecule has 0 unspecified atom stereocenters. The third kappa shape index (κ3) is 4.22. The topological polar surface area (TPSA) is 77.5 Å². The van der Waals surface area contributed by atoms with E-state index < -0.39 is 28.4 Å². The van der Waals surface area contributed by atoms with Gasteiger partial charge in [-0.3, -0.25) is 9.71 Å². The van der Waals surface area contributed by atoms with Crippen molar-refractivity contribution in [1.29, 1.82) is 0 Å². The number of aromatic nitrogens is 1. The van der Waals surface area contributed by atoms with Gasteiger partial charge in [0, 0.05) is 23.3 Å². The zero-order valence-electron chi connectivity index (χ0n) is 13.8. The fraction of sp³-hybridized carbons (Fsp3) is 0.118. The van der Waals surface area contributed by atoms with Gasteiger partial charge in [-0.1, -0.05) is 0 Å². The minimum Gasteiger partial charge on any atom is -0.497 e. The zero-order valence-corrected chi connectivity index (χ0v) is 14.7. The highest BCUT2D eigenvalue weighted by Gasteiger charge is 2.36. The average molecular weight is 398 g/mol. The molecule has 0 amide bonds. The maximum absolute atomic E-state index is 13.4. The van der Waals surface area contributed by atoms with Crippen molar-refractivity contribution >= 4 is 27.5 Å². The molecule has 0 fully saturated rings. The summed E-state index contributed by atoms with van der Waals surface area (Å²) in [7, 11) is -1.40. The van der Waals surface area contributed by atoms with Gasteiger partial charge >= 0.3 is 6.18 Å². The van der Waals surface area contributed by atoms with Gasteiger partial charge in [0.2, 0.25) is 10.9 Å². The highest BCUT2D eigenvalue weighted by atomic mass is 32.2. The number of thiol groups is 1. The van der Waals surface area contributed by atoms with Crippen LogP contribution in [-0.2, 0) is 17.1 Å². The Bertz CT molecular complexity index is 1040. The van der Waals surface area contributed by atoms with E-state index in [1.807, 2.05) is 0 Å². The number of hydrogen-bond donors (Lipinski definition) is 2. The smallest absolute Gasteiger partial charge is 0.421 e. The van der Waals surface area contributed by atoms with Crippen molar-refractivity contribution in [1.82, 2.24) is 4.98 Å². The third-order valence-corrected chi connectivity index (χ3v) is 4.07. The lowest BCUT2D eigenvalue weighted by Gasteiger charge is -2.16. The van der Waals surface area contributed by atoms with Crippen LogP contribution in [0.3, 0.4) is 0 Å². The summed E-state index contributed by atoms with van der Waals surface area (Å²) in [5.74, 6) is 0.157. The van der Waals surface area contributed by atoms with Crippen LogP contribution in [0.5, 0.6) is 17.2 Å². The summed E-state index contributed by atoms with van der Waals surface area (Å²) in [6.07, 6.45) is -3.96. The molecule has 0 radical (unpaired) electrons. The first-order chi connectivity index (χ1) is 12.8. The minimum atomic E-state index is -4.67. The van der Waals surface area contributed by atoms with Crippen molar-refractivity contribution in [3.05, 3.63) is 54.2 Å². The second-order valence-electron chi connectivity index (χ2n) is 5.38. The van der Waals surface area contributed by atoms with Crippen molar-refractivity contribution in [2.75, 3.05) is 11.8 Å². The van der Waals surface area contributed by atoms with Crippen LogP contribution in [0, 0.1) is 0 Å². The van der Waals surface area contributed by atoms with Crippen LogP contribution in [-0.4, -0.2) is 20.5 Å². The molecule has 2 aromatic carbocycles. The van der Waals surface area contributed by atoms with Crippen LogP contribution in [0.2, 0.25) is 0 Å². The maximum atomic E-state index is 13.4. The quantitative estimate of drug-likeness (QED) is 0.636. The molecule has 0 saturated heterocycles. The molecular weight excluding hydrogens is 385 g/mol. The molecule has 0 saturated carbocycles. The van der Waals surface area contributed by atoms with Crippen LogP contribution in [0.25, 0.3) is 10.9 Å². The Kier molecular flexibility index (Phi) is 5.08. The lowest BCUT2D eigenvalue weighted by atomic mass is 10.1. The van der Waals surface area contributed by atoms with Gasteiger partial charge in [0.1, 0.15) is 17.1 Å². The van der Waals surface area contributed by atoms with E-state index in [1.54, 1.807) is 0 Å². The molecule has 27 heavy (non-hydrogen) atoms. The molecule has 0 atom stereocenters. The lowest BCUT2D eigenvalue weighted by Crippen LogP contribution is -2.08. The number of hydrogen-bond acceptors (Lipinski definition) is 5. The monoisotopic (exact) mass is 398 g/mol. The molecule has 1 heterocycles. The van der Waals surface area contributed by atoms with Crippen LogP contribution in [0.4, 0.5) is 18.9 Å². The number of ether oxygens (including phenoxy) is 2. The van der Waals surface area contributed by atoms with E-state index >= 15 is 0 Å². The van der Waals surface area contributed by atoms with E-state index in [9.17, 15) is 21.6 Å². The minimum absolute atomic E-state index is 0.107. The summed E-state index contributed by atoms with van der Waals surface area (Å²) in [4.78, 5) is 3.85. The van der Waals surface area contributed by atoms with E-state index in [0.717, 1.165) is 0 Å². The fourth-order valence-electron chi connectivity index (χ4n) is 2.41. The summed E-state index contributed by atoms with van der Waals surface area (Å²) in [5.41, 5.74) is -0.483. The number of rotatable bonds is 5. The molecule has 3 aromatic rings. The van der Waals surface area contributed by atoms with Gasteiger partial charge in [0.05, 0.1) is 12.6 Å². The second-order valence-corrected chi connectivity index (χ2v) is 6.12. The Hall–Kier alpha value is -3.01. The zero-order chi connectivity index (χ0) is 19.6. The molecule has 142 valence electrons. The largest absolute Gasteiger partial charge is 0.497 e. The van der Waals surface area contributed by atoms with Gasteiger partial charge in [-0.2, -0.15) is 13.2 Å². The van der Waals surface area contributed by atoms with Gasteiger partial charge < -0.3 is 9.47 Å². The molecule has 0 aliphatic heterocycles. The number of nitrogens with zero attached hydrogens (tertiary/aromatic N) is 1. The van der Waals surface area contributed by atoms with Gasteiger partial charge in [-0.25, -0.2) is 8.42 Å². The van der Waals surface area contributed by atoms with E-state index in [0.29, 0.717) is 11.9 Å². The Morgan fingerprint density at radius 2 is 1.70 bits per heavy atom. The predicted octanol–water partition coefficient (Wildman–Crippen LogP) is 3.99. The number of nitrogens with one attached hydrogen (secondary N) is 1. The number of fused-ring (bicyclic) bond motifs is 1. The van der Waals surface area contributed by atoms with Crippen LogP contribution in [0.15, 0.2) is 48.7 Å². The molecule has 0 spiro atoms. The number of methoxy groups -OCH3 is 1. The number of halogens is 3. The van der Waals surface area contributed by atoms with Crippen molar-refractivity contribution in [2.24, 2.45) is 0 Å². The first kappa shape index (κ1) is 18.8. The summed E-state index contributed by atoms with van der Waals surface area (Å²) in [6.45, 7) is 0. The molecule has 0 bridgehead atoms. The second kappa shape index (κ2) is 7.31. The summed E-state index contributed by atoms with van der Waals surface area (Å²) in [5, 5.41) is 0.162. The molecule has 3 rings (SSSR count). The van der Waals surface area contributed by atoms with Crippen LogP contribution >= 0.6 is 0 Å². The average Bonchev–Trinajstić information content (AvgIpc) is 2.61. The maximum Gasteiger partial charge on any atom is 0.421 e. The Morgan fingerprint density at radius 3 is 2.30 bits per heavy atom. The Labute approximate surface area is 153 Å². The van der Waals surface area contributed by atoms with E-state index in [4.69, 9.17) is 9.47 Å². The number of pyridine rings is 1. The summed E-state index contributed by atoms with van der Waals surface area (Å²) in [6, 6.07) is 9.91. The molecule has 6 nitrogen and oxygen atoms in total. The molecule has 0 aliphatic carbocycles. The van der Waals surface area contributed by atoms with Crippen molar-refractivity contribution in [2.45, 2.75) is 6.18 Å². The SMILES string of the molecule is COc1ccc2c(Oc3ccc(N[SH](=O)=O)cc3)c(C(F)(F)F)cnc2c1. The van der Waals surface area contributed by atoms with Gasteiger partial charge in [0.25, 0.3) is 0 Å².